The van der Waals surface area contributed by atoms with E-state index in [-0.39, 0.29) is 5.91 Å². The number of hydrogen-bond donors (Lipinski definition) is 0. The number of carbonyl (C=O) groups excluding carboxylic acids is 1. The van der Waals surface area contributed by atoms with Gasteiger partial charge in [0.15, 0.2) is 0 Å². The minimum atomic E-state index is 0.0597. The van der Waals surface area contributed by atoms with Gasteiger partial charge in [0.25, 0.3) is 0 Å². The number of likely N-dealkylation sites (N-methyl/N-ethyl adjacent to an activating group) is 1. The fraction of sp³-hybridized carbons (Fsp3) is 0.500. The van der Waals surface area contributed by atoms with Crippen LogP contribution in [0.4, 0.5) is 5.69 Å². The van der Waals surface area contributed by atoms with Crippen molar-refractivity contribution < 1.29 is 4.79 Å². The van der Waals surface area contributed by atoms with Crippen LogP contribution < -0.4 is 4.90 Å². The van der Waals surface area contributed by atoms with E-state index in [1.165, 1.54) is 0 Å². The summed E-state index contributed by atoms with van der Waals surface area (Å²) in [6.45, 7) is 9.45. The van der Waals surface area contributed by atoms with E-state index in [0.29, 0.717) is 11.6 Å². The average Bonchev–Trinajstić information content (AvgIpc) is 2.36. The maximum Gasteiger partial charge on any atom is 0.223 e. The Kier molecular flexibility index (Phi) is 6.16. The molecule has 0 aliphatic carbocycles. The van der Waals surface area contributed by atoms with E-state index in [4.69, 9.17) is 11.6 Å². The fourth-order valence-corrected chi connectivity index (χ4v) is 2.00. The van der Waals surface area contributed by atoms with Crippen molar-refractivity contribution in [1.82, 2.24) is 4.90 Å². The molecule has 1 rings (SSSR count). The summed E-state index contributed by atoms with van der Waals surface area (Å²) in [6, 6.07) is 7.38. The van der Waals surface area contributed by atoms with Crippen LogP contribution in [0.5, 0.6) is 0 Å². The molecular formula is C14H21ClN2O. The smallest absolute Gasteiger partial charge is 0.223 e. The lowest BCUT2D eigenvalue weighted by Gasteiger charge is -2.25. The number of anilines is 1. The zero-order valence-corrected chi connectivity index (χ0v) is 12.1. The maximum absolute atomic E-state index is 11.7. The second kappa shape index (κ2) is 7.39. The van der Waals surface area contributed by atoms with E-state index in [1.807, 2.05) is 24.3 Å². The van der Waals surface area contributed by atoms with Crippen molar-refractivity contribution in [3.63, 3.8) is 0 Å². The first kappa shape index (κ1) is 15.0. The summed E-state index contributed by atoms with van der Waals surface area (Å²) in [5.41, 5.74) is 0.902. The Morgan fingerprint density at radius 3 is 2.11 bits per heavy atom. The summed E-state index contributed by atoms with van der Waals surface area (Å²) in [6.07, 6.45) is 0. The third-order valence-electron chi connectivity index (χ3n) is 3.05. The fourth-order valence-electron chi connectivity index (χ4n) is 1.87. The van der Waals surface area contributed by atoms with E-state index in [9.17, 15) is 4.79 Å². The molecule has 0 aromatic heterocycles. The van der Waals surface area contributed by atoms with E-state index >= 15 is 0 Å². The molecule has 0 fully saturated rings. The number of halogens is 1. The summed E-state index contributed by atoms with van der Waals surface area (Å²) in [4.78, 5) is 15.8. The molecule has 0 saturated carbocycles. The quantitative estimate of drug-likeness (QED) is 0.792. The number of nitrogens with zero attached hydrogens (tertiary/aromatic N) is 2. The second-order valence-corrected chi connectivity index (χ2v) is 4.61. The number of amides is 1. The number of hydrogen-bond acceptors (Lipinski definition) is 2. The molecule has 4 heteroatoms. The molecule has 0 unspecified atom stereocenters. The average molecular weight is 269 g/mol. The van der Waals surface area contributed by atoms with Gasteiger partial charge in [0.2, 0.25) is 5.91 Å². The van der Waals surface area contributed by atoms with Crippen LogP contribution in [0.25, 0.3) is 0 Å². The first-order chi connectivity index (χ1) is 8.58. The molecule has 0 saturated heterocycles. The molecule has 0 atom stereocenters. The van der Waals surface area contributed by atoms with Gasteiger partial charge < -0.3 is 9.80 Å². The SMILES string of the molecule is CCN(CC)CCN(C(C)=O)c1ccc(Cl)cc1. The minimum absolute atomic E-state index is 0.0597. The molecule has 1 aromatic rings. The van der Waals surface area contributed by atoms with Crippen molar-refractivity contribution in [2.45, 2.75) is 20.8 Å². The van der Waals surface area contributed by atoms with E-state index in [2.05, 4.69) is 18.7 Å². The first-order valence-corrected chi connectivity index (χ1v) is 6.72. The van der Waals surface area contributed by atoms with Gasteiger partial charge in [-0.2, -0.15) is 0 Å². The Hall–Kier alpha value is -1.06. The van der Waals surface area contributed by atoms with Gasteiger partial charge in [-0.25, -0.2) is 0 Å². The lowest BCUT2D eigenvalue weighted by atomic mass is 10.2. The lowest BCUT2D eigenvalue weighted by molar-refractivity contribution is -0.116. The first-order valence-electron chi connectivity index (χ1n) is 6.34. The topological polar surface area (TPSA) is 23.6 Å². The molecule has 1 amide bonds. The predicted molar refractivity (Wildman–Crippen MR) is 77.3 cm³/mol. The third kappa shape index (κ3) is 4.31. The molecule has 0 bridgehead atoms. The second-order valence-electron chi connectivity index (χ2n) is 4.17. The van der Waals surface area contributed by atoms with E-state index in [1.54, 1.807) is 11.8 Å². The highest BCUT2D eigenvalue weighted by Crippen LogP contribution is 2.18. The van der Waals surface area contributed by atoms with Crippen LogP contribution in [0.15, 0.2) is 24.3 Å². The molecule has 0 radical (unpaired) electrons. The van der Waals surface area contributed by atoms with Gasteiger partial charge in [-0.05, 0) is 37.4 Å². The van der Waals surface area contributed by atoms with E-state index < -0.39 is 0 Å². The molecule has 0 spiro atoms. The van der Waals surface area contributed by atoms with Gasteiger partial charge in [0.05, 0.1) is 0 Å². The highest BCUT2D eigenvalue weighted by atomic mass is 35.5. The molecule has 0 aliphatic heterocycles. The molecule has 0 N–H and O–H groups in total. The van der Waals surface area contributed by atoms with Crippen molar-refractivity contribution in [3.8, 4) is 0 Å². The predicted octanol–water partition coefficient (Wildman–Crippen LogP) is 3.03. The van der Waals surface area contributed by atoms with Gasteiger partial charge in [-0.1, -0.05) is 25.4 Å². The van der Waals surface area contributed by atoms with Crippen LogP contribution in [0.1, 0.15) is 20.8 Å². The lowest BCUT2D eigenvalue weighted by Crippen LogP contribution is -2.37. The molecule has 0 heterocycles. The van der Waals surface area contributed by atoms with Gasteiger partial charge in [0, 0.05) is 30.7 Å². The van der Waals surface area contributed by atoms with E-state index in [0.717, 1.165) is 25.3 Å². The zero-order chi connectivity index (χ0) is 13.5. The summed E-state index contributed by atoms with van der Waals surface area (Å²) in [5, 5.41) is 0.686. The molecule has 0 aliphatic rings. The molecular weight excluding hydrogens is 248 g/mol. The Labute approximate surface area is 114 Å². The largest absolute Gasteiger partial charge is 0.311 e. The Balaban J connectivity index is 2.71. The van der Waals surface area contributed by atoms with Crippen LogP contribution in [-0.2, 0) is 4.79 Å². The number of rotatable bonds is 6. The van der Waals surface area contributed by atoms with Crippen molar-refractivity contribution in [1.29, 1.82) is 0 Å². The summed E-state index contributed by atoms with van der Waals surface area (Å²) in [5.74, 6) is 0.0597. The maximum atomic E-state index is 11.7. The standard InChI is InChI=1S/C14H21ClN2O/c1-4-16(5-2)10-11-17(12(3)18)14-8-6-13(15)7-9-14/h6-9H,4-5,10-11H2,1-3H3. The highest BCUT2D eigenvalue weighted by Gasteiger charge is 2.12. The molecule has 100 valence electrons. The van der Waals surface area contributed by atoms with Crippen LogP contribution in [0.3, 0.4) is 0 Å². The number of benzene rings is 1. The van der Waals surface area contributed by atoms with Crippen LogP contribution in [-0.4, -0.2) is 37.0 Å². The van der Waals surface area contributed by atoms with Crippen molar-refractivity contribution in [3.05, 3.63) is 29.3 Å². The highest BCUT2D eigenvalue weighted by molar-refractivity contribution is 6.30. The Morgan fingerprint density at radius 1 is 1.11 bits per heavy atom. The van der Waals surface area contributed by atoms with Crippen LogP contribution in [0, 0.1) is 0 Å². The Bertz CT molecular complexity index is 374. The van der Waals surface area contributed by atoms with Gasteiger partial charge in [-0.15, -0.1) is 0 Å². The monoisotopic (exact) mass is 268 g/mol. The molecule has 3 nitrogen and oxygen atoms in total. The molecule has 18 heavy (non-hydrogen) atoms. The van der Waals surface area contributed by atoms with Gasteiger partial charge in [0.1, 0.15) is 0 Å². The van der Waals surface area contributed by atoms with Crippen LogP contribution in [0.2, 0.25) is 5.02 Å². The normalized spacial score (nSPS) is 10.7. The van der Waals surface area contributed by atoms with Crippen LogP contribution >= 0.6 is 11.6 Å². The van der Waals surface area contributed by atoms with Crippen molar-refractivity contribution in [2.75, 3.05) is 31.1 Å². The third-order valence-corrected chi connectivity index (χ3v) is 3.30. The van der Waals surface area contributed by atoms with Gasteiger partial charge in [-0.3, -0.25) is 4.79 Å². The van der Waals surface area contributed by atoms with Gasteiger partial charge >= 0.3 is 0 Å². The summed E-state index contributed by atoms with van der Waals surface area (Å²) < 4.78 is 0. The number of carbonyl (C=O) groups is 1. The van der Waals surface area contributed by atoms with Crippen molar-refractivity contribution >= 4 is 23.2 Å². The molecule has 1 aromatic carbocycles. The zero-order valence-electron chi connectivity index (χ0n) is 11.3. The Morgan fingerprint density at radius 2 is 1.67 bits per heavy atom. The summed E-state index contributed by atoms with van der Waals surface area (Å²) >= 11 is 5.86. The minimum Gasteiger partial charge on any atom is -0.311 e. The summed E-state index contributed by atoms with van der Waals surface area (Å²) in [7, 11) is 0. The van der Waals surface area contributed by atoms with Crippen molar-refractivity contribution in [2.24, 2.45) is 0 Å².